The Morgan fingerprint density at radius 3 is 2.78 bits per heavy atom. The number of hydrogen-bond donors (Lipinski definition) is 1. The van der Waals surface area contributed by atoms with Crippen LogP contribution in [-0.4, -0.2) is 28.6 Å². The summed E-state index contributed by atoms with van der Waals surface area (Å²) in [5, 5.41) is 4.92. The first kappa shape index (κ1) is 20.9. The molecule has 0 saturated carbocycles. The molecule has 164 valence electrons. The van der Waals surface area contributed by atoms with E-state index in [9.17, 15) is 0 Å². The molecule has 1 unspecified atom stereocenters. The summed E-state index contributed by atoms with van der Waals surface area (Å²) in [5.41, 5.74) is 3.75. The van der Waals surface area contributed by atoms with E-state index in [2.05, 4.69) is 35.4 Å². The number of nitrogens with one attached hydrogen (secondary N) is 1. The van der Waals surface area contributed by atoms with Crippen LogP contribution in [0.2, 0.25) is 0 Å². The average Bonchev–Trinajstić information content (AvgIpc) is 3.22. The molecular formula is C26H28N4OS. The topological polar surface area (TPSA) is 59.9 Å². The van der Waals surface area contributed by atoms with Crippen molar-refractivity contribution in [1.29, 1.82) is 0 Å². The summed E-state index contributed by atoms with van der Waals surface area (Å²) in [6.07, 6.45) is 9.38. The van der Waals surface area contributed by atoms with Gasteiger partial charge in [-0.1, -0.05) is 19.1 Å². The van der Waals surface area contributed by atoms with Gasteiger partial charge in [0.25, 0.3) is 0 Å². The maximum Gasteiger partial charge on any atom is 0.163 e. The van der Waals surface area contributed by atoms with Gasteiger partial charge in [-0.25, -0.2) is 9.97 Å². The zero-order chi connectivity index (χ0) is 21.9. The predicted octanol–water partition coefficient (Wildman–Crippen LogP) is 5.93. The number of aryl methyl sites for hydroxylation is 2. The van der Waals surface area contributed by atoms with Gasteiger partial charge < -0.3 is 10.1 Å². The summed E-state index contributed by atoms with van der Waals surface area (Å²) in [4.78, 5) is 16.7. The molecule has 0 bridgehead atoms. The molecule has 1 atom stereocenters. The van der Waals surface area contributed by atoms with Crippen molar-refractivity contribution in [2.24, 2.45) is 5.92 Å². The number of pyridine rings is 1. The molecule has 4 aromatic rings. The lowest BCUT2D eigenvalue weighted by molar-refractivity contribution is 0.414. The van der Waals surface area contributed by atoms with Crippen LogP contribution in [0.4, 0.5) is 5.82 Å². The highest BCUT2D eigenvalue weighted by molar-refractivity contribution is 7.19. The number of nitrogens with zero attached hydrogens (tertiary/aromatic N) is 3. The minimum Gasteiger partial charge on any atom is -0.497 e. The van der Waals surface area contributed by atoms with Crippen molar-refractivity contribution in [3.05, 3.63) is 64.8 Å². The molecule has 0 amide bonds. The monoisotopic (exact) mass is 444 g/mol. The first-order valence-corrected chi connectivity index (χ1v) is 12.1. The van der Waals surface area contributed by atoms with Gasteiger partial charge in [0, 0.05) is 29.4 Å². The summed E-state index contributed by atoms with van der Waals surface area (Å²) in [6.45, 7) is 3.13. The minimum absolute atomic E-state index is 0.450. The van der Waals surface area contributed by atoms with Crippen molar-refractivity contribution in [2.45, 2.75) is 39.0 Å². The standard InChI is InChI=1S/C26H28N4OS/c1-17(14-18-6-5-7-20(15-18)31-2)16-28-25-23-21-8-3-4-9-22(21)32-26(23)30-24(29-25)19-10-12-27-13-11-19/h5-7,10-13,15,17H,3-4,8-9,14,16H2,1-2H3,(H,28,29,30). The lowest BCUT2D eigenvalue weighted by Crippen LogP contribution is -2.15. The van der Waals surface area contributed by atoms with Crippen LogP contribution in [-0.2, 0) is 19.3 Å². The Labute approximate surface area is 192 Å². The summed E-state index contributed by atoms with van der Waals surface area (Å²) >= 11 is 1.84. The maximum atomic E-state index is 5.38. The number of aromatic nitrogens is 3. The Morgan fingerprint density at radius 2 is 1.94 bits per heavy atom. The van der Waals surface area contributed by atoms with Crippen molar-refractivity contribution in [3.63, 3.8) is 0 Å². The smallest absolute Gasteiger partial charge is 0.163 e. The molecule has 3 heterocycles. The van der Waals surface area contributed by atoms with Crippen LogP contribution < -0.4 is 10.1 Å². The van der Waals surface area contributed by atoms with E-state index in [0.29, 0.717) is 5.92 Å². The van der Waals surface area contributed by atoms with Crippen molar-refractivity contribution >= 4 is 27.4 Å². The van der Waals surface area contributed by atoms with E-state index < -0.39 is 0 Å². The molecule has 0 fully saturated rings. The second kappa shape index (κ2) is 9.25. The molecular weight excluding hydrogens is 416 g/mol. The van der Waals surface area contributed by atoms with Gasteiger partial charge in [0.1, 0.15) is 16.4 Å². The molecule has 0 radical (unpaired) electrons. The van der Waals surface area contributed by atoms with Crippen LogP contribution >= 0.6 is 11.3 Å². The fourth-order valence-corrected chi connectivity index (χ4v) is 5.72. The zero-order valence-electron chi connectivity index (χ0n) is 18.6. The minimum atomic E-state index is 0.450. The Kier molecular flexibility index (Phi) is 6.04. The quantitative estimate of drug-likeness (QED) is 0.383. The highest BCUT2D eigenvalue weighted by atomic mass is 32.1. The summed E-state index contributed by atoms with van der Waals surface area (Å²) < 4.78 is 5.38. The fraction of sp³-hybridized carbons (Fsp3) is 0.346. The van der Waals surface area contributed by atoms with Crippen LogP contribution in [0.3, 0.4) is 0 Å². The first-order chi connectivity index (χ1) is 15.7. The van der Waals surface area contributed by atoms with E-state index in [1.807, 2.05) is 29.5 Å². The van der Waals surface area contributed by atoms with E-state index in [-0.39, 0.29) is 0 Å². The van der Waals surface area contributed by atoms with E-state index >= 15 is 0 Å². The Balaban J connectivity index is 1.44. The second-order valence-electron chi connectivity index (χ2n) is 8.56. The van der Waals surface area contributed by atoms with Crippen molar-refractivity contribution in [3.8, 4) is 17.1 Å². The largest absolute Gasteiger partial charge is 0.497 e. The summed E-state index contributed by atoms with van der Waals surface area (Å²) in [5.74, 6) is 3.10. The molecule has 0 aliphatic heterocycles. The molecule has 1 N–H and O–H groups in total. The fourth-order valence-electron chi connectivity index (χ4n) is 4.46. The zero-order valence-corrected chi connectivity index (χ0v) is 19.4. The maximum absolute atomic E-state index is 5.38. The number of hydrogen-bond acceptors (Lipinski definition) is 6. The highest BCUT2D eigenvalue weighted by Gasteiger charge is 2.22. The number of anilines is 1. The predicted molar refractivity (Wildman–Crippen MR) is 132 cm³/mol. The third-order valence-electron chi connectivity index (χ3n) is 6.09. The van der Waals surface area contributed by atoms with Gasteiger partial charge in [-0.15, -0.1) is 11.3 Å². The van der Waals surface area contributed by atoms with Crippen LogP contribution in [0.1, 0.15) is 35.8 Å². The third-order valence-corrected chi connectivity index (χ3v) is 7.28. The van der Waals surface area contributed by atoms with Gasteiger partial charge in [-0.05, 0) is 73.4 Å². The summed E-state index contributed by atoms with van der Waals surface area (Å²) in [6, 6.07) is 12.3. The molecule has 5 nitrogen and oxygen atoms in total. The normalized spacial score (nSPS) is 14.2. The SMILES string of the molecule is COc1cccc(CC(C)CNc2nc(-c3ccncc3)nc3sc4c(c23)CCCC4)c1. The van der Waals surface area contributed by atoms with Crippen molar-refractivity contribution < 1.29 is 4.74 Å². The molecule has 0 spiro atoms. The molecule has 1 aliphatic carbocycles. The van der Waals surface area contributed by atoms with Gasteiger partial charge in [-0.3, -0.25) is 4.98 Å². The number of fused-ring (bicyclic) bond motifs is 3. The molecule has 32 heavy (non-hydrogen) atoms. The van der Waals surface area contributed by atoms with E-state index in [4.69, 9.17) is 14.7 Å². The van der Waals surface area contributed by atoms with Crippen LogP contribution in [0.5, 0.6) is 5.75 Å². The average molecular weight is 445 g/mol. The lowest BCUT2D eigenvalue weighted by Gasteiger charge is -2.16. The van der Waals surface area contributed by atoms with Crippen LogP contribution in [0.15, 0.2) is 48.8 Å². The number of ether oxygens (including phenoxy) is 1. The molecule has 5 rings (SSSR count). The number of benzene rings is 1. The van der Waals surface area contributed by atoms with Gasteiger partial charge >= 0.3 is 0 Å². The van der Waals surface area contributed by atoms with Gasteiger partial charge in [0.15, 0.2) is 5.82 Å². The Morgan fingerprint density at radius 1 is 1.09 bits per heavy atom. The second-order valence-corrected chi connectivity index (χ2v) is 9.65. The molecule has 3 aromatic heterocycles. The lowest BCUT2D eigenvalue weighted by atomic mass is 9.96. The van der Waals surface area contributed by atoms with E-state index in [1.165, 1.54) is 34.2 Å². The first-order valence-electron chi connectivity index (χ1n) is 11.3. The van der Waals surface area contributed by atoms with Crippen LogP contribution in [0.25, 0.3) is 21.6 Å². The van der Waals surface area contributed by atoms with E-state index in [1.54, 1.807) is 19.5 Å². The third kappa shape index (κ3) is 4.32. The molecule has 1 aliphatic rings. The van der Waals surface area contributed by atoms with Crippen molar-refractivity contribution in [1.82, 2.24) is 15.0 Å². The Hall–Kier alpha value is -2.99. The Bertz CT molecular complexity index is 1220. The number of rotatable bonds is 7. The van der Waals surface area contributed by atoms with Gasteiger partial charge in [-0.2, -0.15) is 0 Å². The number of thiophene rings is 1. The van der Waals surface area contributed by atoms with Gasteiger partial charge in [0.2, 0.25) is 0 Å². The molecule has 1 aromatic carbocycles. The molecule has 6 heteroatoms. The molecule has 0 saturated heterocycles. The summed E-state index contributed by atoms with van der Waals surface area (Å²) in [7, 11) is 1.71. The van der Waals surface area contributed by atoms with Crippen LogP contribution in [0, 0.1) is 5.92 Å². The highest BCUT2D eigenvalue weighted by Crippen LogP contribution is 2.39. The van der Waals surface area contributed by atoms with Gasteiger partial charge in [0.05, 0.1) is 12.5 Å². The van der Waals surface area contributed by atoms with E-state index in [0.717, 1.165) is 53.6 Å². The van der Waals surface area contributed by atoms with Crippen molar-refractivity contribution in [2.75, 3.05) is 19.0 Å². The number of methoxy groups -OCH3 is 1.